The molecule has 26 heavy (non-hydrogen) atoms. The van der Waals surface area contributed by atoms with Gasteiger partial charge in [0.15, 0.2) is 0 Å². The van der Waals surface area contributed by atoms with Crippen LogP contribution in [-0.2, 0) is 4.79 Å². The number of hydrogen-bond donors (Lipinski definition) is 1. The third-order valence-corrected chi connectivity index (χ3v) is 4.77. The van der Waals surface area contributed by atoms with Crippen molar-refractivity contribution in [2.45, 2.75) is 26.8 Å². The SMILES string of the molecule is CC(=O)N1CCN(C(=O)Nc2cc(-c3ccccc3)cnc2C)[C@H](C)C1. The Kier molecular flexibility index (Phi) is 5.21. The van der Waals surface area contributed by atoms with Gasteiger partial charge >= 0.3 is 6.03 Å². The van der Waals surface area contributed by atoms with Gasteiger partial charge in [-0.1, -0.05) is 30.3 Å². The standard InChI is InChI=1S/C20H24N4O2/c1-14-13-23(16(3)25)9-10-24(14)20(26)22-19-11-18(12-21-15(19)2)17-7-5-4-6-8-17/h4-8,11-12,14H,9-10,13H2,1-3H3,(H,22,26)/t14-/m1/s1. The van der Waals surface area contributed by atoms with Crippen LogP contribution in [0, 0.1) is 6.92 Å². The van der Waals surface area contributed by atoms with Crippen LogP contribution in [0.15, 0.2) is 42.6 Å². The van der Waals surface area contributed by atoms with E-state index in [4.69, 9.17) is 0 Å². The lowest BCUT2D eigenvalue weighted by molar-refractivity contribution is -0.131. The van der Waals surface area contributed by atoms with Crippen LogP contribution in [0.3, 0.4) is 0 Å². The highest BCUT2D eigenvalue weighted by Crippen LogP contribution is 2.24. The highest BCUT2D eigenvalue weighted by molar-refractivity contribution is 5.91. The zero-order chi connectivity index (χ0) is 18.7. The summed E-state index contributed by atoms with van der Waals surface area (Å²) in [5, 5.41) is 2.99. The van der Waals surface area contributed by atoms with Gasteiger partial charge in [0.1, 0.15) is 0 Å². The molecule has 0 saturated carbocycles. The van der Waals surface area contributed by atoms with Crippen molar-refractivity contribution < 1.29 is 9.59 Å². The summed E-state index contributed by atoms with van der Waals surface area (Å²) in [6.07, 6.45) is 1.81. The van der Waals surface area contributed by atoms with Crippen LogP contribution in [0.2, 0.25) is 0 Å². The number of rotatable bonds is 2. The fraction of sp³-hybridized carbons (Fsp3) is 0.350. The van der Waals surface area contributed by atoms with E-state index in [0.29, 0.717) is 25.3 Å². The van der Waals surface area contributed by atoms with Gasteiger partial charge in [0.05, 0.1) is 11.4 Å². The van der Waals surface area contributed by atoms with Crippen molar-refractivity contribution in [3.63, 3.8) is 0 Å². The summed E-state index contributed by atoms with van der Waals surface area (Å²) in [6, 6.07) is 11.7. The van der Waals surface area contributed by atoms with Crippen LogP contribution in [-0.4, -0.2) is 52.4 Å². The van der Waals surface area contributed by atoms with Crippen molar-refractivity contribution in [3.05, 3.63) is 48.3 Å². The van der Waals surface area contributed by atoms with Crippen molar-refractivity contribution in [1.82, 2.24) is 14.8 Å². The Labute approximate surface area is 153 Å². The summed E-state index contributed by atoms with van der Waals surface area (Å²) in [7, 11) is 0. The molecule has 0 spiro atoms. The van der Waals surface area contributed by atoms with E-state index < -0.39 is 0 Å². The summed E-state index contributed by atoms with van der Waals surface area (Å²) in [5.74, 6) is 0.0486. The summed E-state index contributed by atoms with van der Waals surface area (Å²) < 4.78 is 0. The maximum atomic E-state index is 12.7. The Morgan fingerprint density at radius 1 is 1.15 bits per heavy atom. The Balaban J connectivity index is 1.74. The van der Waals surface area contributed by atoms with Gasteiger partial charge in [-0.2, -0.15) is 0 Å². The molecule has 0 bridgehead atoms. The molecule has 1 aliphatic rings. The maximum Gasteiger partial charge on any atom is 0.322 e. The molecule has 3 rings (SSSR count). The zero-order valence-electron chi connectivity index (χ0n) is 15.4. The minimum Gasteiger partial charge on any atom is -0.339 e. The van der Waals surface area contributed by atoms with E-state index in [1.807, 2.05) is 56.4 Å². The number of piperazine rings is 1. The zero-order valence-corrected chi connectivity index (χ0v) is 15.4. The number of hydrogen-bond acceptors (Lipinski definition) is 3. The average Bonchev–Trinajstić information content (AvgIpc) is 2.64. The van der Waals surface area contributed by atoms with Gasteiger partial charge < -0.3 is 15.1 Å². The highest BCUT2D eigenvalue weighted by atomic mass is 16.2. The number of anilines is 1. The fourth-order valence-electron chi connectivity index (χ4n) is 3.18. The smallest absolute Gasteiger partial charge is 0.322 e. The second-order valence-corrected chi connectivity index (χ2v) is 6.66. The number of carbonyl (C=O) groups excluding carboxylic acids is 2. The van der Waals surface area contributed by atoms with Crippen LogP contribution < -0.4 is 5.32 Å². The van der Waals surface area contributed by atoms with Gasteiger partial charge in [-0.3, -0.25) is 9.78 Å². The summed E-state index contributed by atoms with van der Waals surface area (Å²) in [4.78, 5) is 32.2. The molecule has 1 fully saturated rings. The lowest BCUT2D eigenvalue weighted by Gasteiger charge is -2.39. The molecule has 6 nitrogen and oxygen atoms in total. The first-order chi connectivity index (χ1) is 12.5. The second kappa shape index (κ2) is 7.56. The van der Waals surface area contributed by atoms with Crippen molar-refractivity contribution in [2.75, 3.05) is 25.0 Å². The van der Waals surface area contributed by atoms with E-state index in [-0.39, 0.29) is 18.0 Å². The largest absolute Gasteiger partial charge is 0.339 e. The van der Waals surface area contributed by atoms with Gasteiger partial charge in [0.25, 0.3) is 0 Å². The Hall–Kier alpha value is -2.89. The topological polar surface area (TPSA) is 65.5 Å². The lowest BCUT2D eigenvalue weighted by atomic mass is 10.1. The van der Waals surface area contributed by atoms with Gasteiger partial charge in [-0.05, 0) is 25.5 Å². The molecule has 0 radical (unpaired) electrons. The van der Waals surface area contributed by atoms with Crippen molar-refractivity contribution in [1.29, 1.82) is 0 Å². The summed E-state index contributed by atoms with van der Waals surface area (Å²) in [5.41, 5.74) is 3.49. The van der Waals surface area contributed by atoms with Crippen LogP contribution in [0.5, 0.6) is 0 Å². The predicted molar refractivity (Wildman–Crippen MR) is 102 cm³/mol. The third kappa shape index (κ3) is 3.85. The molecule has 0 aliphatic carbocycles. The van der Waals surface area contributed by atoms with Crippen LogP contribution >= 0.6 is 0 Å². The van der Waals surface area contributed by atoms with E-state index >= 15 is 0 Å². The molecule has 1 aliphatic heterocycles. The molecule has 1 atom stereocenters. The number of carbonyl (C=O) groups is 2. The highest BCUT2D eigenvalue weighted by Gasteiger charge is 2.28. The molecule has 1 N–H and O–H groups in total. The van der Waals surface area contributed by atoms with Gasteiger partial charge in [-0.25, -0.2) is 4.79 Å². The molecule has 2 heterocycles. The summed E-state index contributed by atoms with van der Waals surface area (Å²) in [6.45, 7) is 7.05. The van der Waals surface area contributed by atoms with E-state index in [1.165, 1.54) is 0 Å². The fourth-order valence-corrected chi connectivity index (χ4v) is 3.18. The quantitative estimate of drug-likeness (QED) is 0.903. The Bertz CT molecular complexity index is 807. The van der Waals surface area contributed by atoms with Crippen molar-refractivity contribution >= 4 is 17.6 Å². The van der Waals surface area contributed by atoms with Crippen molar-refractivity contribution in [3.8, 4) is 11.1 Å². The van der Waals surface area contributed by atoms with E-state index in [1.54, 1.807) is 16.7 Å². The molecular formula is C20H24N4O2. The van der Waals surface area contributed by atoms with E-state index in [0.717, 1.165) is 16.8 Å². The Morgan fingerprint density at radius 2 is 1.88 bits per heavy atom. The number of benzene rings is 1. The van der Waals surface area contributed by atoms with Crippen LogP contribution in [0.25, 0.3) is 11.1 Å². The van der Waals surface area contributed by atoms with E-state index in [9.17, 15) is 9.59 Å². The monoisotopic (exact) mass is 352 g/mol. The average molecular weight is 352 g/mol. The van der Waals surface area contributed by atoms with E-state index in [2.05, 4.69) is 10.3 Å². The number of amides is 3. The first-order valence-electron chi connectivity index (χ1n) is 8.81. The molecular weight excluding hydrogens is 328 g/mol. The molecule has 3 amide bonds. The number of aromatic nitrogens is 1. The minimum absolute atomic E-state index is 0.0294. The number of aryl methyl sites for hydroxylation is 1. The minimum atomic E-state index is -0.157. The molecule has 2 aromatic rings. The number of nitrogens with zero attached hydrogens (tertiary/aromatic N) is 3. The van der Waals surface area contributed by atoms with Crippen LogP contribution in [0.4, 0.5) is 10.5 Å². The second-order valence-electron chi connectivity index (χ2n) is 6.66. The molecule has 1 aromatic heterocycles. The van der Waals surface area contributed by atoms with Gasteiger partial charge in [-0.15, -0.1) is 0 Å². The van der Waals surface area contributed by atoms with Crippen molar-refractivity contribution in [2.24, 2.45) is 0 Å². The van der Waals surface area contributed by atoms with Crippen LogP contribution in [0.1, 0.15) is 19.5 Å². The van der Waals surface area contributed by atoms with Gasteiger partial charge in [0, 0.05) is 44.4 Å². The molecule has 1 aromatic carbocycles. The molecule has 0 unspecified atom stereocenters. The number of urea groups is 1. The maximum absolute atomic E-state index is 12.7. The Morgan fingerprint density at radius 3 is 2.54 bits per heavy atom. The lowest BCUT2D eigenvalue weighted by Crippen LogP contribution is -2.56. The number of pyridine rings is 1. The van der Waals surface area contributed by atoms with Gasteiger partial charge in [0.2, 0.25) is 5.91 Å². The molecule has 6 heteroatoms. The summed E-state index contributed by atoms with van der Waals surface area (Å²) >= 11 is 0. The number of nitrogens with one attached hydrogen (secondary N) is 1. The molecule has 136 valence electrons. The normalized spacial score (nSPS) is 17.1. The first kappa shape index (κ1) is 17.9. The third-order valence-electron chi connectivity index (χ3n) is 4.77. The molecule has 1 saturated heterocycles. The predicted octanol–water partition coefficient (Wildman–Crippen LogP) is 3.14. The first-order valence-corrected chi connectivity index (χ1v) is 8.81.